The molecule has 1 rings (SSSR count). The highest BCUT2D eigenvalue weighted by Crippen LogP contribution is 2.20. The maximum Gasteiger partial charge on any atom is 0.390 e. The van der Waals surface area contributed by atoms with E-state index in [4.69, 9.17) is 5.73 Å². The van der Waals surface area contributed by atoms with Gasteiger partial charge in [0.15, 0.2) is 0 Å². The average molecular weight is 236 g/mol. The molecule has 1 aromatic carbocycles. The van der Waals surface area contributed by atoms with Crippen LogP contribution in [0.15, 0.2) is 18.2 Å². The monoisotopic (exact) mass is 236 g/mol. The van der Waals surface area contributed by atoms with Gasteiger partial charge in [-0.05, 0) is 23.8 Å². The van der Waals surface area contributed by atoms with Gasteiger partial charge in [0.25, 0.3) is 0 Å². The van der Waals surface area contributed by atoms with E-state index >= 15 is 0 Å². The number of benzene rings is 1. The second-order valence-electron chi connectivity index (χ2n) is 3.34. The van der Waals surface area contributed by atoms with Crippen molar-refractivity contribution in [3.8, 4) is 0 Å². The van der Waals surface area contributed by atoms with Gasteiger partial charge in [-0.2, -0.15) is 13.2 Å². The van der Waals surface area contributed by atoms with Crippen molar-refractivity contribution in [3.05, 3.63) is 29.6 Å². The van der Waals surface area contributed by atoms with E-state index in [9.17, 15) is 17.6 Å². The van der Waals surface area contributed by atoms with Crippen LogP contribution in [-0.4, -0.2) is 12.7 Å². The highest BCUT2D eigenvalue weighted by Gasteiger charge is 2.26. The second-order valence-corrected chi connectivity index (χ2v) is 3.34. The summed E-state index contributed by atoms with van der Waals surface area (Å²) in [6, 6.07) is 3.91. The standard InChI is InChI=1S/C10H12F4N2/c11-8-3-7(6-15)4-9(5-8)16-2-1-10(12,13)14/h3-5,16H,1-2,6,15H2. The van der Waals surface area contributed by atoms with E-state index in [1.165, 1.54) is 12.1 Å². The Kier molecular flexibility index (Phi) is 4.12. The van der Waals surface area contributed by atoms with Crippen molar-refractivity contribution >= 4 is 5.69 Å². The summed E-state index contributed by atoms with van der Waals surface area (Å²) in [7, 11) is 0. The fourth-order valence-corrected chi connectivity index (χ4v) is 1.22. The maximum atomic E-state index is 13.0. The van der Waals surface area contributed by atoms with Gasteiger partial charge in [-0.15, -0.1) is 0 Å². The van der Waals surface area contributed by atoms with Crippen LogP contribution in [0.25, 0.3) is 0 Å². The molecule has 1 aromatic rings. The summed E-state index contributed by atoms with van der Waals surface area (Å²) >= 11 is 0. The molecule has 0 aromatic heterocycles. The van der Waals surface area contributed by atoms with E-state index < -0.39 is 18.4 Å². The summed E-state index contributed by atoms with van der Waals surface area (Å²) in [5, 5.41) is 2.50. The molecule has 16 heavy (non-hydrogen) atoms. The minimum atomic E-state index is -4.21. The molecule has 0 heterocycles. The van der Waals surface area contributed by atoms with E-state index in [-0.39, 0.29) is 13.1 Å². The summed E-state index contributed by atoms with van der Waals surface area (Å²) in [6.07, 6.45) is -5.17. The van der Waals surface area contributed by atoms with E-state index in [1.54, 1.807) is 0 Å². The number of halogens is 4. The van der Waals surface area contributed by atoms with Crippen LogP contribution in [0, 0.1) is 5.82 Å². The predicted octanol–water partition coefficient (Wildman–Crippen LogP) is 2.65. The minimum Gasteiger partial charge on any atom is -0.385 e. The number of hydrogen-bond acceptors (Lipinski definition) is 2. The normalized spacial score (nSPS) is 11.6. The van der Waals surface area contributed by atoms with Gasteiger partial charge in [0.2, 0.25) is 0 Å². The smallest absolute Gasteiger partial charge is 0.385 e. The zero-order valence-corrected chi connectivity index (χ0v) is 8.44. The van der Waals surface area contributed by atoms with Crippen molar-refractivity contribution in [3.63, 3.8) is 0 Å². The molecule has 0 aliphatic heterocycles. The third kappa shape index (κ3) is 4.48. The summed E-state index contributed by atoms with van der Waals surface area (Å²) < 4.78 is 48.5. The molecule has 3 N–H and O–H groups in total. The Hall–Kier alpha value is -1.30. The van der Waals surface area contributed by atoms with Crippen LogP contribution in [0.2, 0.25) is 0 Å². The van der Waals surface area contributed by atoms with Crippen molar-refractivity contribution in [1.29, 1.82) is 0 Å². The van der Waals surface area contributed by atoms with Gasteiger partial charge in [0, 0.05) is 18.8 Å². The number of nitrogens with two attached hydrogens (primary N) is 1. The first-order chi connectivity index (χ1) is 7.40. The molecular formula is C10H12F4N2. The average Bonchev–Trinajstić information content (AvgIpc) is 2.14. The molecule has 0 aliphatic carbocycles. The fraction of sp³-hybridized carbons (Fsp3) is 0.400. The number of rotatable bonds is 4. The van der Waals surface area contributed by atoms with Crippen LogP contribution in [0.1, 0.15) is 12.0 Å². The van der Waals surface area contributed by atoms with Gasteiger partial charge in [0.05, 0.1) is 6.42 Å². The van der Waals surface area contributed by atoms with Crippen LogP contribution in [-0.2, 0) is 6.54 Å². The third-order valence-corrected chi connectivity index (χ3v) is 1.93. The lowest BCUT2D eigenvalue weighted by molar-refractivity contribution is -0.131. The van der Waals surface area contributed by atoms with Crippen molar-refractivity contribution in [2.45, 2.75) is 19.1 Å². The second kappa shape index (κ2) is 5.16. The Balaban J connectivity index is 2.57. The minimum absolute atomic E-state index is 0.145. The van der Waals surface area contributed by atoms with E-state index in [1.807, 2.05) is 0 Å². The highest BCUT2D eigenvalue weighted by atomic mass is 19.4. The first-order valence-corrected chi connectivity index (χ1v) is 4.71. The Labute approximate surface area is 90.4 Å². The molecule has 0 unspecified atom stereocenters. The quantitative estimate of drug-likeness (QED) is 0.789. The van der Waals surface area contributed by atoms with Crippen LogP contribution in [0.4, 0.5) is 23.2 Å². The lowest BCUT2D eigenvalue weighted by Crippen LogP contribution is -2.14. The predicted molar refractivity (Wildman–Crippen MR) is 53.5 cm³/mol. The maximum absolute atomic E-state index is 13.0. The lowest BCUT2D eigenvalue weighted by atomic mass is 10.2. The van der Waals surface area contributed by atoms with E-state index in [2.05, 4.69) is 5.32 Å². The summed E-state index contributed by atoms with van der Waals surface area (Å²) in [5.74, 6) is -0.516. The first-order valence-electron chi connectivity index (χ1n) is 4.71. The molecule has 0 amide bonds. The zero-order chi connectivity index (χ0) is 12.2. The molecule has 0 fully saturated rings. The molecular weight excluding hydrogens is 224 g/mol. The molecule has 90 valence electrons. The third-order valence-electron chi connectivity index (χ3n) is 1.93. The first kappa shape index (κ1) is 12.8. The molecule has 0 bridgehead atoms. The van der Waals surface area contributed by atoms with Crippen LogP contribution in [0.5, 0.6) is 0 Å². The summed E-state index contributed by atoms with van der Waals surface area (Å²) in [5.41, 5.74) is 6.16. The van der Waals surface area contributed by atoms with Crippen LogP contribution < -0.4 is 11.1 Å². The van der Waals surface area contributed by atoms with Crippen molar-refractivity contribution in [1.82, 2.24) is 0 Å². The Morgan fingerprint density at radius 2 is 1.88 bits per heavy atom. The molecule has 2 nitrogen and oxygen atoms in total. The van der Waals surface area contributed by atoms with Crippen molar-refractivity contribution in [2.24, 2.45) is 5.73 Å². The number of hydrogen-bond donors (Lipinski definition) is 2. The Morgan fingerprint density at radius 3 is 2.44 bits per heavy atom. The number of anilines is 1. The number of alkyl halides is 3. The zero-order valence-electron chi connectivity index (χ0n) is 8.44. The topological polar surface area (TPSA) is 38.0 Å². The lowest BCUT2D eigenvalue weighted by Gasteiger charge is -2.10. The fourth-order valence-electron chi connectivity index (χ4n) is 1.22. The van der Waals surface area contributed by atoms with Crippen molar-refractivity contribution < 1.29 is 17.6 Å². The molecule has 6 heteroatoms. The summed E-state index contributed by atoms with van der Waals surface area (Å²) in [4.78, 5) is 0. The van der Waals surface area contributed by atoms with Crippen LogP contribution in [0.3, 0.4) is 0 Å². The van der Waals surface area contributed by atoms with E-state index in [0.717, 1.165) is 6.07 Å². The number of nitrogens with one attached hydrogen (secondary N) is 1. The molecule has 0 saturated heterocycles. The van der Waals surface area contributed by atoms with Gasteiger partial charge < -0.3 is 11.1 Å². The van der Waals surface area contributed by atoms with Gasteiger partial charge in [-0.3, -0.25) is 0 Å². The molecule has 0 atom stereocenters. The van der Waals surface area contributed by atoms with Crippen molar-refractivity contribution in [2.75, 3.05) is 11.9 Å². The van der Waals surface area contributed by atoms with Gasteiger partial charge >= 0.3 is 6.18 Å². The van der Waals surface area contributed by atoms with E-state index in [0.29, 0.717) is 11.3 Å². The Morgan fingerprint density at radius 1 is 1.19 bits per heavy atom. The molecule has 0 radical (unpaired) electrons. The Bertz CT molecular complexity index is 349. The highest BCUT2D eigenvalue weighted by molar-refractivity contribution is 5.46. The molecule has 0 saturated carbocycles. The largest absolute Gasteiger partial charge is 0.390 e. The SMILES string of the molecule is NCc1cc(F)cc(NCCC(F)(F)F)c1. The van der Waals surface area contributed by atoms with Crippen LogP contribution >= 0.6 is 0 Å². The summed E-state index contributed by atoms with van der Waals surface area (Å²) in [6.45, 7) is -0.136. The van der Waals surface area contributed by atoms with Gasteiger partial charge in [-0.1, -0.05) is 0 Å². The van der Waals surface area contributed by atoms with Gasteiger partial charge in [0.1, 0.15) is 5.82 Å². The van der Waals surface area contributed by atoms with Gasteiger partial charge in [-0.25, -0.2) is 4.39 Å². The molecule has 0 spiro atoms. The molecule has 0 aliphatic rings.